The van der Waals surface area contributed by atoms with Crippen molar-refractivity contribution in [2.75, 3.05) is 24.2 Å². The van der Waals surface area contributed by atoms with Gasteiger partial charge in [0.25, 0.3) is 0 Å². The number of hydrogen-bond acceptors (Lipinski definition) is 5. The monoisotopic (exact) mass is 367 g/mol. The molecule has 25 heavy (non-hydrogen) atoms. The third-order valence-corrected chi connectivity index (χ3v) is 2.96. The topological polar surface area (TPSA) is 62.2 Å². The van der Waals surface area contributed by atoms with E-state index >= 15 is 0 Å². The first-order valence-corrected chi connectivity index (χ1v) is 6.79. The predicted molar refractivity (Wildman–Crippen MR) is 82.5 cm³/mol. The van der Waals surface area contributed by atoms with E-state index in [0.29, 0.717) is 6.20 Å². The molecule has 1 aromatic rings. The number of alkyl halides is 6. The minimum absolute atomic E-state index is 0.264. The van der Waals surface area contributed by atoms with Gasteiger partial charge in [0.15, 0.2) is 0 Å². The lowest BCUT2D eigenvalue weighted by Gasteiger charge is -2.16. The van der Waals surface area contributed by atoms with Crippen molar-refractivity contribution in [2.45, 2.75) is 19.3 Å². The van der Waals surface area contributed by atoms with Gasteiger partial charge in [-0.1, -0.05) is 6.08 Å². The second-order valence-electron chi connectivity index (χ2n) is 4.59. The molecule has 0 unspecified atom stereocenters. The van der Waals surface area contributed by atoms with Gasteiger partial charge < -0.3 is 10.6 Å². The molecule has 0 aliphatic rings. The Morgan fingerprint density at radius 2 is 1.92 bits per heavy atom. The first-order chi connectivity index (χ1) is 11.5. The molecule has 1 heterocycles. The number of rotatable bonds is 6. The number of halogens is 6. The van der Waals surface area contributed by atoms with Crippen LogP contribution in [0.3, 0.4) is 0 Å². The molecule has 0 aliphatic carbocycles. The Morgan fingerprint density at radius 3 is 2.36 bits per heavy atom. The van der Waals surface area contributed by atoms with Crippen molar-refractivity contribution in [2.24, 2.45) is 4.99 Å². The summed E-state index contributed by atoms with van der Waals surface area (Å²) < 4.78 is 77.2. The molecular weight excluding hydrogens is 352 g/mol. The van der Waals surface area contributed by atoms with Crippen molar-refractivity contribution in [1.29, 1.82) is 0 Å². The summed E-state index contributed by atoms with van der Waals surface area (Å²) in [6, 6.07) is 0. The van der Waals surface area contributed by atoms with Gasteiger partial charge in [-0.05, 0) is 13.6 Å². The van der Waals surface area contributed by atoms with E-state index in [4.69, 9.17) is 0 Å². The summed E-state index contributed by atoms with van der Waals surface area (Å²) in [6.45, 7) is 3.90. The van der Waals surface area contributed by atoms with Gasteiger partial charge in [-0.15, -0.1) is 0 Å². The molecule has 11 heteroatoms. The zero-order valence-corrected chi connectivity index (χ0v) is 13.3. The molecule has 0 radical (unpaired) electrons. The van der Waals surface area contributed by atoms with E-state index < -0.39 is 35.9 Å². The molecule has 1 aromatic heterocycles. The van der Waals surface area contributed by atoms with Crippen LogP contribution in [0.25, 0.3) is 0 Å². The lowest BCUT2D eigenvalue weighted by molar-refractivity contribution is -0.137. The molecule has 1 rings (SSSR count). The van der Waals surface area contributed by atoms with Gasteiger partial charge in [0.1, 0.15) is 11.4 Å². The molecule has 0 aliphatic heterocycles. The molecule has 0 spiro atoms. The summed E-state index contributed by atoms with van der Waals surface area (Å²) in [5.41, 5.74) is -2.30. The van der Waals surface area contributed by atoms with E-state index in [0.717, 1.165) is 12.3 Å². The number of nitrogens with zero attached hydrogens (tertiary/aromatic N) is 3. The summed E-state index contributed by atoms with van der Waals surface area (Å²) >= 11 is 0. The first kappa shape index (κ1) is 20.5. The lowest BCUT2D eigenvalue weighted by atomic mass is 10.1. The normalized spacial score (nSPS) is 13.6. The highest BCUT2D eigenvalue weighted by Crippen LogP contribution is 2.34. The van der Waals surface area contributed by atoms with Crippen molar-refractivity contribution in [3.63, 3.8) is 0 Å². The fraction of sp³-hybridized carbons (Fsp3) is 0.357. The number of nitrogens with one attached hydrogen (secondary N) is 2. The largest absolute Gasteiger partial charge is 0.421 e. The van der Waals surface area contributed by atoms with Crippen LogP contribution in [-0.4, -0.2) is 36.5 Å². The highest BCUT2D eigenvalue weighted by molar-refractivity contribution is 5.49. The van der Waals surface area contributed by atoms with Crippen molar-refractivity contribution in [3.8, 4) is 0 Å². The Hall–Kier alpha value is -2.59. The number of anilines is 2. The molecule has 0 amide bonds. The fourth-order valence-corrected chi connectivity index (χ4v) is 1.89. The standard InChI is InChI=1S/C14H15F6N5/c1-4-9(13(15,16)17)8(5-21-2)6-23-12-24-7-10(14(18,19)20)11(22-3)25-12/h4-5,7H,2,6H2,1,3H3,(H2,22,23,24,25)/b8-5-,9-4+. The molecule has 0 saturated carbocycles. The van der Waals surface area contributed by atoms with Crippen LogP contribution in [0.5, 0.6) is 0 Å². The second-order valence-corrected chi connectivity index (χ2v) is 4.59. The van der Waals surface area contributed by atoms with E-state index in [1.54, 1.807) is 0 Å². The van der Waals surface area contributed by atoms with Crippen LogP contribution in [0.1, 0.15) is 12.5 Å². The molecule has 0 atom stereocenters. The number of aromatic nitrogens is 2. The highest BCUT2D eigenvalue weighted by Gasteiger charge is 2.36. The zero-order chi connectivity index (χ0) is 19.3. The Bertz CT molecular complexity index is 675. The Labute approximate surface area is 139 Å². The van der Waals surface area contributed by atoms with Crippen LogP contribution in [-0.2, 0) is 6.18 Å². The van der Waals surface area contributed by atoms with Gasteiger partial charge >= 0.3 is 12.4 Å². The van der Waals surface area contributed by atoms with Crippen LogP contribution < -0.4 is 10.6 Å². The smallest absolute Gasteiger partial charge is 0.372 e. The van der Waals surface area contributed by atoms with Crippen molar-refractivity contribution >= 4 is 18.5 Å². The minimum atomic E-state index is -4.66. The van der Waals surface area contributed by atoms with E-state index in [9.17, 15) is 26.3 Å². The molecule has 0 aromatic carbocycles. The molecule has 138 valence electrons. The maximum atomic E-state index is 13.0. The maximum absolute atomic E-state index is 13.0. The van der Waals surface area contributed by atoms with E-state index in [1.165, 1.54) is 14.0 Å². The van der Waals surface area contributed by atoms with Gasteiger partial charge in [0.2, 0.25) is 5.95 Å². The summed E-state index contributed by atoms with van der Waals surface area (Å²) in [5.74, 6) is -0.774. The average molecular weight is 367 g/mol. The average Bonchev–Trinajstić information content (AvgIpc) is 2.50. The first-order valence-electron chi connectivity index (χ1n) is 6.79. The van der Waals surface area contributed by atoms with E-state index in [1.807, 2.05) is 0 Å². The second kappa shape index (κ2) is 7.99. The Kier molecular flexibility index (Phi) is 6.54. The van der Waals surface area contributed by atoms with Gasteiger partial charge in [0, 0.05) is 31.6 Å². The van der Waals surface area contributed by atoms with Crippen LogP contribution in [0.15, 0.2) is 34.6 Å². The molecule has 0 fully saturated rings. The number of allylic oxidation sites excluding steroid dienone is 1. The maximum Gasteiger partial charge on any atom is 0.421 e. The quantitative estimate of drug-likeness (QED) is 0.453. The van der Waals surface area contributed by atoms with Crippen molar-refractivity contribution in [3.05, 3.63) is 35.2 Å². The third-order valence-electron chi connectivity index (χ3n) is 2.96. The molecule has 5 nitrogen and oxygen atoms in total. The van der Waals surface area contributed by atoms with Gasteiger partial charge in [-0.2, -0.15) is 31.3 Å². The minimum Gasteiger partial charge on any atom is -0.372 e. The highest BCUT2D eigenvalue weighted by atomic mass is 19.4. The predicted octanol–water partition coefficient (Wildman–Crippen LogP) is 4.04. The summed E-state index contributed by atoms with van der Waals surface area (Å²) in [7, 11) is 1.23. The summed E-state index contributed by atoms with van der Waals surface area (Å²) in [4.78, 5) is 10.4. The molecule has 0 saturated heterocycles. The summed E-state index contributed by atoms with van der Waals surface area (Å²) in [6.07, 6.45) is -6.99. The number of hydrogen-bond donors (Lipinski definition) is 2. The third kappa shape index (κ3) is 5.47. The van der Waals surface area contributed by atoms with Crippen LogP contribution in [0.4, 0.5) is 38.1 Å². The number of aliphatic imine (C=N–C) groups is 1. The molecule has 2 N–H and O–H groups in total. The van der Waals surface area contributed by atoms with Gasteiger partial charge in [0.05, 0.1) is 5.57 Å². The van der Waals surface area contributed by atoms with Crippen LogP contribution in [0.2, 0.25) is 0 Å². The van der Waals surface area contributed by atoms with E-state index in [-0.39, 0.29) is 11.5 Å². The SMILES string of the molecule is C=N/C=C(CNc1ncc(C(F)(F)F)c(NC)n1)\C(=C/C)C(F)(F)F. The van der Waals surface area contributed by atoms with Crippen molar-refractivity contribution in [1.82, 2.24) is 9.97 Å². The Balaban J connectivity index is 3.06. The van der Waals surface area contributed by atoms with Gasteiger partial charge in [-0.25, -0.2) is 4.98 Å². The van der Waals surface area contributed by atoms with Gasteiger partial charge in [-0.3, -0.25) is 4.99 Å². The Morgan fingerprint density at radius 1 is 1.28 bits per heavy atom. The molecule has 0 bridgehead atoms. The van der Waals surface area contributed by atoms with Crippen LogP contribution >= 0.6 is 0 Å². The zero-order valence-electron chi connectivity index (χ0n) is 13.3. The van der Waals surface area contributed by atoms with E-state index in [2.05, 4.69) is 32.3 Å². The van der Waals surface area contributed by atoms with Crippen molar-refractivity contribution < 1.29 is 26.3 Å². The fourth-order valence-electron chi connectivity index (χ4n) is 1.89. The molecular formula is C14H15F6N5. The lowest BCUT2D eigenvalue weighted by Crippen LogP contribution is -2.19. The van der Waals surface area contributed by atoms with Crippen LogP contribution in [0, 0.1) is 0 Å². The summed E-state index contributed by atoms with van der Waals surface area (Å²) in [5, 5.41) is 4.71.